The molecule has 2 heterocycles. The van der Waals surface area contributed by atoms with Gasteiger partial charge in [0.1, 0.15) is 11.5 Å². The van der Waals surface area contributed by atoms with E-state index >= 15 is 0 Å². The van der Waals surface area contributed by atoms with Crippen molar-refractivity contribution in [1.82, 2.24) is 9.78 Å². The van der Waals surface area contributed by atoms with E-state index in [9.17, 15) is 5.11 Å². The molecule has 1 aromatic carbocycles. The molecule has 0 amide bonds. The molecule has 0 unspecified atom stereocenters. The van der Waals surface area contributed by atoms with Crippen LogP contribution in [0.15, 0.2) is 34.7 Å². The highest BCUT2D eigenvalue weighted by atomic mass is 16.4. The van der Waals surface area contributed by atoms with Crippen molar-refractivity contribution in [2.45, 2.75) is 0 Å². The molecule has 0 aliphatic rings. The monoisotopic (exact) mass is 229 g/mol. The molecule has 0 aliphatic carbocycles. The number of aromatic hydroxyl groups is 1. The molecular formula is C12H11N3O2. The summed E-state index contributed by atoms with van der Waals surface area (Å²) in [4.78, 5) is 0. The van der Waals surface area contributed by atoms with Crippen LogP contribution in [-0.2, 0) is 7.05 Å². The Kier molecular flexibility index (Phi) is 1.89. The Hall–Kier alpha value is -2.43. The first-order valence-corrected chi connectivity index (χ1v) is 5.16. The SMILES string of the molecule is Cn1nc(N)cc1-c1cc2cccc(O)c2o1. The van der Waals surface area contributed by atoms with E-state index in [0.29, 0.717) is 17.2 Å². The summed E-state index contributed by atoms with van der Waals surface area (Å²) in [5, 5.41) is 14.6. The fraction of sp³-hybridized carbons (Fsp3) is 0.0833. The Bertz CT molecular complexity index is 697. The molecule has 5 nitrogen and oxygen atoms in total. The van der Waals surface area contributed by atoms with E-state index in [1.165, 1.54) is 0 Å². The number of benzene rings is 1. The van der Waals surface area contributed by atoms with E-state index in [-0.39, 0.29) is 5.75 Å². The van der Waals surface area contributed by atoms with Gasteiger partial charge in [-0.05, 0) is 12.1 Å². The predicted molar refractivity (Wildman–Crippen MR) is 64.5 cm³/mol. The van der Waals surface area contributed by atoms with Gasteiger partial charge >= 0.3 is 0 Å². The van der Waals surface area contributed by atoms with Gasteiger partial charge in [-0.1, -0.05) is 12.1 Å². The number of furan rings is 1. The van der Waals surface area contributed by atoms with E-state index < -0.39 is 0 Å². The summed E-state index contributed by atoms with van der Waals surface area (Å²) in [6.45, 7) is 0. The van der Waals surface area contributed by atoms with Crippen LogP contribution in [0.5, 0.6) is 5.75 Å². The molecule has 0 radical (unpaired) electrons. The van der Waals surface area contributed by atoms with Crippen LogP contribution >= 0.6 is 0 Å². The van der Waals surface area contributed by atoms with Crippen molar-refractivity contribution in [1.29, 1.82) is 0 Å². The quantitative estimate of drug-likeness (QED) is 0.670. The number of aromatic nitrogens is 2. The maximum absolute atomic E-state index is 9.67. The Morgan fingerprint density at radius 1 is 1.35 bits per heavy atom. The first-order chi connectivity index (χ1) is 8.15. The van der Waals surface area contributed by atoms with Crippen LogP contribution in [0, 0.1) is 0 Å². The minimum absolute atomic E-state index is 0.129. The molecule has 2 aromatic heterocycles. The molecule has 3 aromatic rings. The Morgan fingerprint density at radius 2 is 2.18 bits per heavy atom. The van der Waals surface area contributed by atoms with Crippen molar-refractivity contribution in [2.75, 3.05) is 5.73 Å². The normalized spacial score (nSPS) is 11.1. The lowest BCUT2D eigenvalue weighted by Gasteiger charge is -1.95. The summed E-state index contributed by atoms with van der Waals surface area (Å²) in [7, 11) is 1.79. The molecule has 86 valence electrons. The minimum atomic E-state index is 0.129. The molecule has 0 saturated carbocycles. The zero-order valence-corrected chi connectivity index (χ0v) is 9.21. The smallest absolute Gasteiger partial charge is 0.176 e. The van der Waals surface area contributed by atoms with Crippen LogP contribution < -0.4 is 5.73 Å². The first kappa shape index (κ1) is 9.77. The summed E-state index contributed by atoms with van der Waals surface area (Å²) in [5.41, 5.74) is 6.87. The van der Waals surface area contributed by atoms with E-state index in [1.807, 2.05) is 12.1 Å². The van der Waals surface area contributed by atoms with Crippen molar-refractivity contribution >= 4 is 16.8 Å². The van der Waals surface area contributed by atoms with Gasteiger partial charge in [-0.15, -0.1) is 0 Å². The topological polar surface area (TPSA) is 77.2 Å². The average Bonchev–Trinajstić information content (AvgIpc) is 2.82. The largest absolute Gasteiger partial charge is 0.504 e. The number of hydrogen-bond donors (Lipinski definition) is 2. The highest BCUT2D eigenvalue weighted by Crippen LogP contribution is 2.32. The van der Waals surface area contributed by atoms with Crippen LogP contribution in [0.4, 0.5) is 5.82 Å². The lowest BCUT2D eigenvalue weighted by atomic mass is 10.2. The van der Waals surface area contributed by atoms with E-state index in [2.05, 4.69) is 5.10 Å². The van der Waals surface area contributed by atoms with Gasteiger partial charge in [-0.3, -0.25) is 4.68 Å². The van der Waals surface area contributed by atoms with Crippen molar-refractivity contribution in [3.05, 3.63) is 30.3 Å². The first-order valence-electron chi connectivity index (χ1n) is 5.16. The molecule has 0 bridgehead atoms. The average molecular weight is 229 g/mol. The summed E-state index contributed by atoms with van der Waals surface area (Å²) >= 11 is 0. The maximum Gasteiger partial charge on any atom is 0.176 e. The molecule has 0 spiro atoms. The van der Waals surface area contributed by atoms with E-state index in [1.54, 1.807) is 29.9 Å². The second kappa shape index (κ2) is 3.28. The highest BCUT2D eigenvalue weighted by molar-refractivity contribution is 5.86. The van der Waals surface area contributed by atoms with Crippen molar-refractivity contribution in [3.63, 3.8) is 0 Å². The van der Waals surface area contributed by atoms with Gasteiger partial charge in [-0.2, -0.15) is 5.10 Å². The zero-order valence-electron chi connectivity index (χ0n) is 9.21. The number of para-hydroxylation sites is 1. The molecular weight excluding hydrogens is 218 g/mol. The molecule has 3 N–H and O–H groups in total. The van der Waals surface area contributed by atoms with Crippen molar-refractivity contribution in [3.8, 4) is 17.2 Å². The van der Waals surface area contributed by atoms with Crippen LogP contribution in [0.2, 0.25) is 0 Å². The van der Waals surface area contributed by atoms with Crippen LogP contribution in [-0.4, -0.2) is 14.9 Å². The Morgan fingerprint density at radius 3 is 2.82 bits per heavy atom. The molecule has 3 rings (SSSR count). The standard InChI is InChI=1S/C12H11N3O2/c1-15-8(6-11(13)14-15)10-5-7-3-2-4-9(16)12(7)17-10/h2-6,16H,1H3,(H2,13,14). The lowest BCUT2D eigenvalue weighted by Crippen LogP contribution is -1.93. The van der Waals surface area contributed by atoms with Crippen LogP contribution in [0.25, 0.3) is 22.4 Å². The predicted octanol–water partition coefficient (Wildman–Crippen LogP) is 2.12. The van der Waals surface area contributed by atoms with Crippen molar-refractivity contribution < 1.29 is 9.52 Å². The maximum atomic E-state index is 9.67. The Labute approximate surface area is 97.1 Å². The summed E-state index contributed by atoms with van der Waals surface area (Å²) < 4.78 is 7.26. The summed E-state index contributed by atoms with van der Waals surface area (Å²) in [6.07, 6.45) is 0. The third kappa shape index (κ3) is 1.44. The number of nitrogens with zero attached hydrogens (tertiary/aromatic N) is 2. The van der Waals surface area contributed by atoms with E-state index in [0.717, 1.165) is 11.1 Å². The van der Waals surface area contributed by atoms with Gasteiger partial charge in [0.15, 0.2) is 17.1 Å². The second-order valence-corrected chi connectivity index (χ2v) is 3.88. The number of hydrogen-bond acceptors (Lipinski definition) is 4. The van der Waals surface area contributed by atoms with Gasteiger partial charge in [0.25, 0.3) is 0 Å². The van der Waals surface area contributed by atoms with E-state index in [4.69, 9.17) is 10.2 Å². The number of aryl methyl sites for hydroxylation is 1. The zero-order chi connectivity index (χ0) is 12.0. The molecule has 0 fully saturated rings. The summed E-state index contributed by atoms with van der Waals surface area (Å²) in [5.74, 6) is 1.20. The fourth-order valence-electron chi connectivity index (χ4n) is 1.89. The van der Waals surface area contributed by atoms with Gasteiger partial charge in [-0.25, -0.2) is 0 Å². The third-order valence-corrected chi connectivity index (χ3v) is 2.67. The second-order valence-electron chi connectivity index (χ2n) is 3.88. The molecule has 5 heteroatoms. The fourth-order valence-corrected chi connectivity index (χ4v) is 1.89. The van der Waals surface area contributed by atoms with Crippen molar-refractivity contribution in [2.24, 2.45) is 7.05 Å². The Balaban J connectivity index is 2.25. The number of nitrogens with two attached hydrogens (primary N) is 1. The summed E-state index contributed by atoms with van der Waals surface area (Å²) in [6, 6.07) is 8.82. The number of fused-ring (bicyclic) bond motifs is 1. The van der Waals surface area contributed by atoms with Gasteiger partial charge in [0, 0.05) is 18.5 Å². The number of phenols is 1. The number of anilines is 1. The van der Waals surface area contributed by atoms with Crippen LogP contribution in [0.3, 0.4) is 0 Å². The third-order valence-electron chi connectivity index (χ3n) is 2.67. The number of rotatable bonds is 1. The highest BCUT2D eigenvalue weighted by Gasteiger charge is 2.12. The molecule has 17 heavy (non-hydrogen) atoms. The van der Waals surface area contributed by atoms with Gasteiger partial charge in [0.2, 0.25) is 0 Å². The molecule has 0 saturated heterocycles. The minimum Gasteiger partial charge on any atom is -0.504 e. The van der Waals surface area contributed by atoms with Gasteiger partial charge < -0.3 is 15.3 Å². The molecule has 0 atom stereocenters. The number of phenolic OH excluding ortho intramolecular Hbond substituents is 1. The van der Waals surface area contributed by atoms with Crippen LogP contribution in [0.1, 0.15) is 0 Å². The molecule has 0 aliphatic heterocycles. The number of nitrogen functional groups attached to an aromatic ring is 1. The van der Waals surface area contributed by atoms with Gasteiger partial charge in [0.05, 0.1) is 0 Å². The lowest BCUT2D eigenvalue weighted by molar-refractivity contribution is 0.466.